The van der Waals surface area contributed by atoms with Gasteiger partial charge in [-0.15, -0.1) is 0 Å². The summed E-state index contributed by atoms with van der Waals surface area (Å²) in [6, 6.07) is 10.0. The predicted molar refractivity (Wildman–Crippen MR) is 95.1 cm³/mol. The molecule has 0 unspecified atom stereocenters. The van der Waals surface area contributed by atoms with E-state index in [0.717, 1.165) is 6.42 Å². The number of nitrogens with zero attached hydrogens (tertiary/aromatic N) is 3. The standard InChI is InChI=1S/C10H12O2.C6H3N3O7/c1-2-6-10(11)12-9-7-4-3-5-8-9;10-6-4(8(13)14)1-3(7(11)12)2-5(6)9(15)16/h3-5,7-8H,2,6H2,1H3;1-2,10H. The molecule has 0 atom stereocenters. The molecule has 2 rings (SSSR count). The van der Waals surface area contributed by atoms with Crippen molar-refractivity contribution < 1.29 is 29.4 Å². The lowest BCUT2D eigenvalue weighted by Crippen LogP contribution is -2.06. The third kappa shape index (κ3) is 6.33. The first-order valence-electron chi connectivity index (χ1n) is 7.73. The van der Waals surface area contributed by atoms with Crippen LogP contribution in [0.15, 0.2) is 42.5 Å². The van der Waals surface area contributed by atoms with Crippen molar-refractivity contribution in [1.82, 2.24) is 0 Å². The van der Waals surface area contributed by atoms with E-state index >= 15 is 0 Å². The second-order valence-corrected chi connectivity index (χ2v) is 5.14. The topological polar surface area (TPSA) is 176 Å². The highest BCUT2D eigenvalue weighted by Crippen LogP contribution is 2.38. The molecule has 0 saturated carbocycles. The highest BCUT2D eigenvalue weighted by molar-refractivity contribution is 5.72. The van der Waals surface area contributed by atoms with E-state index in [2.05, 4.69) is 0 Å². The first-order chi connectivity index (χ1) is 13.2. The number of carbonyl (C=O) groups is 1. The summed E-state index contributed by atoms with van der Waals surface area (Å²) in [5.41, 5.74) is -3.00. The van der Waals surface area contributed by atoms with E-state index in [1.54, 1.807) is 12.1 Å². The molecule has 0 heterocycles. The number of ether oxygens (including phenoxy) is 1. The van der Waals surface area contributed by atoms with Crippen LogP contribution in [0, 0.1) is 30.3 Å². The number of phenols is 1. The molecule has 0 amide bonds. The van der Waals surface area contributed by atoms with Gasteiger partial charge in [0, 0.05) is 6.42 Å². The SMILES string of the molecule is CCCC(=O)Oc1ccccc1.O=[N+]([O-])c1cc([N+](=O)[O-])c(O)c([N+](=O)[O-])c1. The Morgan fingerprint density at radius 2 is 1.46 bits per heavy atom. The molecule has 2 aromatic rings. The largest absolute Gasteiger partial charge is 0.497 e. The summed E-state index contributed by atoms with van der Waals surface area (Å²) in [7, 11) is 0. The van der Waals surface area contributed by atoms with Gasteiger partial charge in [-0.1, -0.05) is 25.1 Å². The van der Waals surface area contributed by atoms with E-state index in [1.165, 1.54) is 0 Å². The summed E-state index contributed by atoms with van der Waals surface area (Å²) in [6.45, 7) is 1.95. The van der Waals surface area contributed by atoms with Crippen LogP contribution in [0.1, 0.15) is 19.8 Å². The van der Waals surface area contributed by atoms with Gasteiger partial charge in [0.05, 0.1) is 26.9 Å². The van der Waals surface area contributed by atoms with Gasteiger partial charge >= 0.3 is 17.3 Å². The van der Waals surface area contributed by atoms with Gasteiger partial charge in [0.25, 0.3) is 11.4 Å². The van der Waals surface area contributed by atoms with E-state index in [1.807, 2.05) is 25.1 Å². The number of para-hydroxylation sites is 1. The predicted octanol–water partition coefficient (Wildman–Crippen LogP) is 3.51. The molecule has 0 aliphatic rings. The molecule has 0 bridgehead atoms. The van der Waals surface area contributed by atoms with Crippen molar-refractivity contribution in [2.75, 3.05) is 0 Å². The van der Waals surface area contributed by atoms with Crippen molar-refractivity contribution in [2.24, 2.45) is 0 Å². The molecule has 0 aromatic heterocycles. The molecular formula is C16H15N3O9. The zero-order chi connectivity index (χ0) is 21.3. The smallest absolute Gasteiger partial charge is 0.324 e. The number of nitro groups is 3. The van der Waals surface area contributed by atoms with Crippen molar-refractivity contribution in [3.8, 4) is 11.5 Å². The summed E-state index contributed by atoms with van der Waals surface area (Å²) in [6.07, 6.45) is 1.31. The number of non-ortho nitro benzene ring substituents is 1. The molecule has 28 heavy (non-hydrogen) atoms. The van der Waals surface area contributed by atoms with E-state index in [0.29, 0.717) is 24.3 Å². The molecule has 148 valence electrons. The van der Waals surface area contributed by atoms with Crippen LogP contribution in [-0.4, -0.2) is 25.8 Å². The number of phenolic OH excluding ortho intramolecular Hbond substituents is 1. The van der Waals surface area contributed by atoms with Gasteiger partial charge in [0.2, 0.25) is 0 Å². The Labute approximate surface area is 157 Å². The van der Waals surface area contributed by atoms with Crippen LogP contribution in [0.3, 0.4) is 0 Å². The summed E-state index contributed by atoms with van der Waals surface area (Å²) in [5, 5.41) is 40.2. The Hall–Kier alpha value is -4.09. The lowest BCUT2D eigenvalue weighted by molar-refractivity contribution is -0.404. The fourth-order valence-electron chi connectivity index (χ4n) is 1.85. The first kappa shape index (κ1) is 22.0. The normalized spacial score (nSPS) is 9.61. The molecule has 0 aliphatic heterocycles. The van der Waals surface area contributed by atoms with E-state index in [-0.39, 0.29) is 5.97 Å². The fourth-order valence-corrected chi connectivity index (χ4v) is 1.85. The van der Waals surface area contributed by atoms with Crippen molar-refractivity contribution >= 4 is 23.0 Å². The number of hydrogen-bond acceptors (Lipinski definition) is 9. The molecule has 0 fully saturated rings. The van der Waals surface area contributed by atoms with E-state index in [9.17, 15) is 35.1 Å². The average molecular weight is 393 g/mol. The zero-order valence-corrected chi connectivity index (χ0v) is 14.5. The number of hydrogen-bond donors (Lipinski definition) is 1. The van der Waals surface area contributed by atoms with Gasteiger partial charge in [-0.3, -0.25) is 35.1 Å². The number of rotatable bonds is 6. The van der Waals surface area contributed by atoms with Crippen LogP contribution in [0.25, 0.3) is 0 Å². The molecule has 0 radical (unpaired) electrons. The van der Waals surface area contributed by atoms with Crippen LogP contribution in [0.4, 0.5) is 17.1 Å². The molecule has 0 spiro atoms. The molecular weight excluding hydrogens is 378 g/mol. The van der Waals surface area contributed by atoms with Crippen LogP contribution in [0.2, 0.25) is 0 Å². The highest BCUT2D eigenvalue weighted by Gasteiger charge is 2.30. The molecule has 12 heteroatoms. The van der Waals surface area contributed by atoms with Gasteiger partial charge in [-0.2, -0.15) is 0 Å². The lowest BCUT2D eigenvalue weighted by atomic mass is 10.2. The van der Waals surface area contributed by atoms with Crippen molar-refractivity contribution in [3.63, 3.8) is 0 Å². The van der Waals surface area contributed by atoms with Crippen molar-refractivity contribution in [2.45, 2.75) is 19.8 Å². The monoisotopic (exact) mass is 393 g/mol. The molecule has 0 saturated heterocycles. The van der Waals surface area contributed by atoms with E-state index in [4.69, 9.17) is 9.84 Å². The second-order valence-electron chi connectivity index (χ2n) is 5.14. The summed E-state index contributed by atoms with van der Waals surface area (Å²) in [4.78, 5) is 38.8. The van der Waals surface area contributed by atoms with Crippen molar-refractivity contribution in [3.05, 3.63) is 72.8 Å². The number of esters is 1. The first-order valence-corrected chi connectivity index (χ1v) is 7.73. The van der Waals surface area contributed by atoms with Crippen molar-refractivity contribution in [1.29, 1.82) is 0 Å². The molecule has 2 aromatic carbocycles. The fraction of sp³-hybridized carbons (Fsp3) is 0.188. The minimum atomic E-state index is -1.21. The third-order valence-electron chi connectivity index (χ3n) is 3.09. The third-order valence-corrected chi connectivity index (χ3v) is 3.09. The van der Waals surface area contributed by atoms with Gasteiger partial charge < -0.3 is 9.84 Å². The second kappa shape index (κ2) is 10.2. The average Bonchev–Trinajstić information content (AvgIpc) is 2.62. The van der Waals surface area contributed by atoms with Crippen LogP contribution in [-0.2, 0) is 4.79 Å². The maximum atomic E-state index is 11.0. The Bertz CT molecular complexity index is 849. The van der Waals surface area contributed by atoms with E-state index < -0.39 is 37.6 Å². The highest BCUT2D eigenvalue weighted by atomic mass is 16.6. The lowest BCUT2D eigenvalue weighted by Gasteiger charge is -2.01. The molecule has 1 N–H and O–H groups in total. The summed E-state index contributed by atoms with van der Waals surface area (Å²) >= 11 is 0. The van der Waals surface area contributed by atoms with Gasteiger partial charge in [0.15, 0.2) is 0 Å². The minimum absolute atomic E-state index is 0.163. The Kier molecular flexibility index (Phi) is 7.96. The van der Waals surface area contributed by atoms with Gasteiger partial charge in [-0.05, 0) is 18.6 Å². The van der Waals surface area contributed by atoms with Gasteiger partial charge in [0.1, 0.15) is 5.75 Å². The van der Waals surface area contributed by atoms with Gasteiger partial charge in [-0.25, -0.2) is 0 Å². The molecule has 12 nitrogen and oxygen atoms in total. The number of benzene rings is 2. The quantitative estimate of drug-likeness (QED) is 0.333. The maximum absolute atomic E-state index is 11.0. The zero-order valence-electron chi connectivity index (χ0n) is 14.5. The summed E-state index contributed by atoms with van der Waals surface area (Å²) < 4.78 is 5.02. The molecule has 0 aliphatic carbocycles. The summed E-state index contributed by atoms with van der Waals surface area (Å²) in [5.74, 6) is -0.750. The Morgan fingerprint density at radius 1 is 0.964 bits per heavy atom. The van der Waals surface area contributed by atoms with Crippen LogP contribution in [0.5, 0.6) is 11.5 Å². The Balaban J connectivity index is 0.000000292. The van der Waals surface area contributed by atoms with Crippen LogP contribution < -0.4 is 4.74 Å². The number of carbonyl (C=O) groups excluding carboxylic acids is 1. The van der Waals surface area contributed by atoms with Crippen LogP contribution >= 0.6 is 0 Å². The number of nitro benzene ring substituents is 3. The number of aromatic hydroxyl groups is 1. The minimum Gasteiger partial charge on any atom is -0.497 e. The Morgan fingerprint density at radius 3 is 1.86 bits per heavy atom. The maximum Gasteiger partial charge on any atom is 0.324 e.